The Labute approximate surface area is 113 Å². The molecule has 0 aromatic heterocycles. The summed E-state index contributed by atoms with van der Waals surface area (Å²) in [6.07, 6.45) is 2.22. The number of hydrogen-bond donors (Lipinski definition) is 2. The van der Waals surface area contributed by atoms with Gasteiger partial charge in [0.05, 0.1) is 4.90 Å². The van der Waals surface area contributed by atoms with Crippen LogP contribution >= 0.6 is 0 Å². The third-order valence-corrected chi connectivity index (χ3v) is 4.51. The molecule has 5 nitrogen and oxygen atoms in total. The highest BCUT2D eigenvalue weighted by Crippen LogP contribution is 2.36. The zero-order chi connectivity index (χ0) is 14.2. The van der Waals surface area contributed by atoms with Gasteiger partial charge in [-0.25, -0.2) is 8.42 Å². The van der Waals surface area contributed by atoms with Crippen LogP contribution in [0.15, 0.2) is 23.1 Å². The third kappa shape index (κ3) is 3.47. The number of hydrogen-bond acceptors (Lipinski definition) is 4. The molecule has 2 rings (SSSR count). The van der Waals surface area contributed by atoms with Crippen LogP contribution in [0.1, 0.15) is 23.7 Å². The zero-order valence-corrected chi connectivity index (χ0v) is 11.8. The quantitative estimate of drug-likeness (QED) is 0.808. The van der Waals surface area contributed by atoms with E-state index in [-0.39, 0.29) is 22.1 Å². The number of amides is 1. The van der Waals surface area contributed by atoms with Gasteiger partial charge in [-0.2, -0.15) is 0 Å². The van der Waals surface area contributed by atoms with Crippen LogP contribution in [0.25, 0.3) is 0 Å². The summed E-state index contributed by atoms with van der Waals surface area (Å²) in [5, 5.41) is 2.81. The van der Waals surface area contributed by atoms with Crippen molar-refractivity contribution < 1.29 is 13.2 Å². The number of carbonyl (C=O) groups is 1. The second-order valence-corrected chi connectivity index (χ2v) is 7.26. The van der Waals surface area contributed by atoms with Crippen LogP contribution in [-0.4, -0.2) is 27.1 Å². The molecule has 1 amide bonds. The molecule has 1 aromatic rings. The van der Waals surface area contributed by atoms with Crippen LogP contribution in [0.2, 0.25) is 0 Å². The van der Waals surface area contributed by atoms with E-state index in [4.69, 9.17) is 5.73 Å². The number of nitrogen functional groups attached to an aromatic ring is 1. The molecular formula is C13H18N2O3S. The SMILES string of the molecule is CC1CC1CNC(=O)c1cc(N)cc(S(C)(=O)=O)c1. The van der Waals surface area contributed by atoms with Crippen LogP contribution in [-0.2, 0) is 9.84 Å². The second kappa shape index (κ2) is 4.85. The highest BCUT2D eigenvalue weighted by Gasteiger charge is 2.32. The van der Waals surface area contributed by atoms with Gasteiger partial charge in [0.1, 0.15) is 0 Å². The van der Waals surface area contributed by atoms with Gasteiger partial charge in [0.15, 0.2) is 9.84 Å². The van der Waals surface area contributed by atoms with E-state index in [0.717, 1.165) is 12.7 Å². The number of anilines is 1. The van der Waals surface area contributed by atoms with Crippen molar-refractivity contribution in [3.8, 4) is 0 Å². The number of rotatable bonds is 4. The molecule has 6 heteroatoms. The molecule has 0 spiro atoms. The Morgan fingerprint density at radius 2 is 2.05 bits per heavy atom. The van der Waals surface area contributed by atoms with Gasteiger partial charge in [0.25, 0.3) is 5.91 Å². The number of carbonyl (C=O) groups excluding carboxylic acids is 1. The van der Waals surface area contributed by atoms with E-state index in [2.05, 4.69) is 12.2 Å². The lowest BCUT2D eigenvalue weighted by Crippen LogP contribution is -2.26. The summed E-state index contributed by atoms with van der Waals surface area (Å²) in [5.74, 6) is 0.920. The van der Waals surface area contributed by atoms with Crippen LogP contribution in [0.4, 0.5) is 5.69 Å². The maximum Gasteiger partial charge on any atom is 0.251 e. The lowest BCUT2D eigenvalue weighted by atomic mass is 10.2. The Balaban J connectivity index is 2.15. The Bertz CT molecular complexity index is 610. The Kier molecular flexibility index (Phi) is 3.54. The largest absolute Gasteiger partial charge is 0.399 e. The predicted octanol–water partition coefficient (Wildman–Crippen LogP) is 1.06. The van der Waals surface area contributed by atoms with E-state index >= 15 is 0 Å². The fourth-order valence-electron chi connectivity index (χ4n) is 1.98. The molecule has 0 aliphatic heterocycles. The van der Waals surface area contributed by atoms with Crippen molar-refractivity contribution in [1.29, 1.82) is 0 Å². The molecule has 1 aromatic carbocycles. The first-order valence-electron chi connectivity index (χ1n) is 6.16. The van der Waals surface area contributed by atoms with E-state index in [9.17, 15) is 13.2 Å². The Hall–Kier alpha value is -1.56. The van der Waals surface area contributed by atoms with Crippen molar-refractivity contribution in [2.24, 2.45) is 11.8 Å². The van der Waals surface area contributed by atoms with Gasteiger partial charge in [-0.1, -0.05) is 6.92 Å². The van der Waals surface area contributed by atoms with Crippen molar-refractivity contribution in [1.82, 2.24) is 5.32 Å². The molecule has 0 heterocycles. The highest BCUT2D eigenvalue weighted by atomic mass is 32.2. The standard InChI is InChI=1S/C13H18N2O3S/c1-8-3-10(8)7-15-13(16)9-4-11(14)6-12(5-9)19(2,17)18/h4-6,8,10H,3,7,14H2,1-2H3,(H,15,16). The van der Waals surface area contributed by atoms with Gasteiger partial charge in [-0.05, 0) is 36.5 Å². The van der Waals surface area contributed by atoms with Gasteiger partial charge in [-0.15, -0.1) is 0 Å². The summed E-state index contributed by atoms with van der Waals surface area (Å²) in [6.45, 7) is 2.77. The first-order chi connectivity index (χ1) is 8.77. The van der Waals surface area contributed by atoms with Crippen LogP contribution in [0.5, 0.6) is 0 Å². The molecule has 104 valence electrons. The van der Waals surface area contributed by atoms with Crippen molar-refractivity contribution in [2.75, 3.05) is 18.5 Å². The minimum absolute atomic E-state index is 0.0671. The molecule has 19 heavy (non-hydrogen) atoms. The van der Waals surface area contributed by atoms with Crippen LogP contribution < -0.4 is 11.1 Å². The third-order valence-electron chi connectivity index (χ3n) is 3.42. The average Bonchev–Trinajstić information content (AvgIpc) is 3.00. The lowest BCUT2D eigenvalue weighted by molar-refractivity contribution is 0.0951. The summed E-state index contributed by atoms with van der Waals surface area (Å²) in [4.78, 5) is 12.0. The summed E-state index contributed by atoms with van der Waals surface area (Å²) >= 11 is 0. The van der Waals surface area contributed by atoms with Crippen molar-refractivity contribution in [3.05, 3.63) is 23.8 Å². The van der Waals surface area contributed by atoms with Gasteiger partial charge < -0.3 is 11.1 Å². The summed E-state index contributed by atoms with van der Waals surface area (Å²) < 4.78 is 23.0. The molecule has 1 aliphatic rings. The molecule has 2 atom stereocenters. The van der Waals surface area contributed by atoms with Crippen molar-refractivity contribution in [2.45, 2.75) is 18.2 Å². The first-order valence-corrected chi connectivity index (χ1v) is 8.05. The highest BCUT2D eigenvalue weighted by molar-refractivity contribution is 7.90. The first kappa shape index (κ1) is 13.9. The summed E-state index contributed by atoms with van der Waals surface area (Å²) in [6, 6.07) is 4.20. The number of nitrogens with one attached hydrogen (secondary N) is 1. The van der Waals surface area contributed by atoms with Crippen molar-refractivity contribution in [3.63, 3.8) is 0 Å². The fraction of sp³-hybridized carbons (Fsp3) is 0.462. The van der Waals surface area contributed by atoms with Gasteiger partial charge >= 0.3 is 0 Å². The van der Waals surface area contributed by atoms with E-state index in [1.807, 2.05) is 0 Å². The minimum atomic E-state index is -3.37. The molecule has 1 saturated carbocycles. The molecule has 1 fully saturated rings. The average molecular weight is 282 g/mol. The monoisotopic (exact) mass is 282 g/mol. The van der Waals surface area contributed by atoms with Gasteiger partial charge in [0.2, 0.25) is 0 Å². The topological polar surface area (TPSA) is 89.3 Å². The Morgan fingerprint density at radius 1 is 1.42 bits per heavy atom. The number of benzene rings is 1. The normalized spacial score (nSPS) is 22.0. The minimum Gasteiger partial charge on any atom is -0.399 e. The fourth-order valence-corrected chi connectivity index (χ4v) is 2.67. The van der Waals surface area contributed by atoms with E-state index in [1.165, 1.54) is 18.2 Å². The maximum absolute atomic E-state index is 12.0. The molecule has 3 N–H and O–H groups in total. The van der Waals surface area contributed by atoms with E-state index in [1.54, 1.807) is 0 Å². The van der Waals surface area contributed by atoms with Gasteiger partial charge in [-0.3, -0.25) is 4.79 Å². The van der Waals surface area contributed by atoms with Crippen molar-refractivity contribution >= 4 is 21.4 Å². The van der Waals surface area contributed by atoms with Crippen LogP contribution in [0, 0.1) is 11.8 Å². The lowest BCUT2D eigenvalue weighted by Gasteiger charge is -2.07. The number of sulfone groups is 1. The molecule has 0 radical (unpaired) electrons. The zero-order valence-electron chi connectivity index (χ0n) is 11.0. The molecule has 1 aliphatic carbocycles. The Morgan fingerprint density at radius 3 is 2.58 bits per heavy atom. The molecule has 0 saturated heterocycles. The van der Waals surface area contributed by atoms with E-state index in [0.29, 0.717) is 18.4 Å². The van der Waals surface area contributed by atoms with Crippen LogP contribution in [0.3, 0.4) is 0 Å². The molecule has 2 unspecified atom stereocenters. The molecular weight excluding hydrogens is 264 g/mol. The van der Waals surface area contributed by atoms with E-state index < -0.39 is 9.84 Å². The maximum atomic E-state index is 12.0. The number of nitrogens with two attached hydrogens (primary N) is 1. The summed E-state index contributed by atoms with van der Waals surface area (Å²) in [7, 11) is -3.37. The smallest absolute Gasteiger partial charge is 0.251 e. The molecule has 0 bridgehead atoms. The van der Waals surface area contributed by atoms with Gasteiger partial charge in [0, 0.05) is 24.1 Å². The summed E-state index contributed by atoms with van der Waals surface area (Å²) in [5.41, 5.74) is 6.20. The second-order valence-electron chi connectivity index (χ2n) is 5.25. The predicted molar refractivity (Wildman–Crippen MR) is 73.6 cm³/mol.